The van der Waals surface area contributed by atoms with Gasteiger partial charge in [0.25, 0.3) is 0 Å². The van der Waals surface area contributed by atoms with Crippen LogP contribution in [0.25, 0.3) is 5.69 Å². The molecule has 1 aromatic heterocycles. The van der Waals surface area contributed by atoms with Crippen LogP contribution in [0.1, 0.15) is 29.4 Å². The zero-order valence-electron chi connectivity index (χ0n) is 11.9. The summed E-state index contributed by atoms with van der Waals surface area (Å²) in [5.74, 6) is 0. The fourth-order valence-electron chi connectivity index (χ4n) is 2.25. The summed E-state index contributed by atoms with van der Waals surface area (Å²) < 4.78 is 1.94. The molecule has 0 aliphatic carbocycles. The van der Waals surface area contributed by atoms with Crippen molar-refractivity contribution in [1.82, 2.24) is 9.78 Å². The van der Waals surface area contributed by atoms with Gasteiger partial charge in [-0.1, -0.05) is 23.7 Å². The average molecular weight is 278 g/mol. The minimum Gasteiger partial charge on any atom is -0.328 e. The molecule has 3 nitrogen and oxygen atoms in total. The Kier molecular flexibility index (Phi) is 3.97. The van der Waals surface area contributed by atoms with Gasteiger partial charge in [-0.2, -0.15) is 5.10 Å². The molecule has 4 heteroatoms. The molecule has 0 saturated heterocycles. The summed E-state index contributed by atoms with van der Waals surface area (Å²) >= 11 is 6.38. The summed E-state index contributed by atoms with van der Waals surface area (Å²) in [5.41, 5.74) is 11.4. The van der Waals surface area contributed by atoms with Gasteiger partial charge in [0.2, 0.25) is 0 Å². The Morgan fingerprint density at radius 1 is 1.32 bits per heavy atom. The highest BCUT2D eigenvalue weighted by Gasteiger charge is 2.15. The van der Waals surface area contributed by atoms with E-state index in [2.05, 4.69) is 25.0 Å². The first-order chi connectivity index (χ1) is 8.91. The fourth-order valence-corrected chi connectivity index (χ4v) is 2.52. The Bertz CT molecular complexity index is 600. The van der Waals surface area contributed by atoms with Crippen molar-refractivity contribution in [2.75, 3.05) is 0 Å². The SMILES string of the molecule is Cc1nn(-c2c(Cl)cccc2CC(C)N)c(C)c1C. The standard InChI is InChI=1S/C15H20ClN3/c1-9(17)8-13-6-5-7-14(16)15(13)19-12(4)10(2)11(3)18-19/h5-7,9H,8,17H2,1-4H3. The number of para-hydroxylation sites is 1. The van der Waals surface area contributed by atoms with Gasteiger partial charge in [0.05, 0.1) is 16.4 Å². The van der Waals surface area contributed by atoms with Crippen molar-refractivity contribution in [2.24, 2.45) is 5.73 Å². The maximum Gasteiger partial charge on any atom is 0.0867 e. The van der Waals surface area contributed by atoms with Crippen LogP contribution in [0.4, 0.5) is 0 Å². The van der Waals surface area contributed by atoms with Crippen LogP contribution in [0.2, 0.25) is 5.02 Å². The number of aryl methyl sites for hydroxylation is 1. The van der Waals surface area contributed by atoms with E-state index in [0.717, 1.165) is 29.1 Å². The van der Waals surface area contributed by atoms with Crippen LogP contribution in [-0.4, -0.2) is 15.8 Å². The van der Waals surface area contributed by atoms with Crippen LogP contribution >= 0.6 is 11.6 Å². The maximum absolute atomic E-state index is 6.38. The Morgan fingerprint density at radius 3 is 2.53 bits per heavy atom. The molecule has 1 atom stereocenters. The van der Waals surface area contributed by atoms with Gasteiger partial charge >= 0.3 is 0 Å². The van der Waals surface area contributed by atoms with Crippen molar-refractivity contribution in [3.05, 3.63) is 45.7 Å². The molecule has 102 valence electrons. The molecule has 1 aromatic carbocycles. The molecule has 0 spiro atoms. The normalized spacial score (nSPS) is 12.7. The smallest absolute Gasteiger partial charge is 0.0867 e. The molecular weight excluding hydrogens is 258 g/mol. The number of hydrogen-bond donors (Lipinski definition) is 1. The van der Waals surface area contributed by atoms with Crippen LogP contribution in [0.15, 0.2) is 18.2 Å². The van der Waals surface area contributed by atoms with E-state index in [1.165, 1.54) is 5.56 Å². The lowest BCUT2D eigenvalue weighted by Crippen LogP contribution is -2.19. The molecule has 0 fully saturated rings. The van der Waals surface area contributed by atoms with Gasteiger partial charge in [0.15, 0.2) is 0 Å². The predicted molar refractivity (Wildman–Crippen MR) is 80.1 cm³/mol. The van der Waals surface area contributed by atoms with Crippen molar-refractivity contribution in [2.45, 2.75) is 40.2 Å². The summed E-state index contributed by atoms with van der Waals surface area (Å²) in [4.78, 5) is 0. The van der Waals surface area contributed by atoms with E-state index in [0.29, 0.717) is 5.02 Å². The minimum atomic E-state index is 0.0929. The summed E-state index contributed by atoms with van der Waals surface area (Å²) in [6, 6.07) is 6.02. The molecule has 0 saturated carbocycles. The quantitative estimate of drug-likeness (QED) is 0.935. The van der Waals surface area contributed by atoms with Crippen molar-refractivity contribution in [1.29, 1.82) is 0 Å². The maximum atomic E-state index is 6.38. The number of halogens is 1. The van der Waals surface area contributed by atoms with Gasteiger partial charge in [0.1, 0.15) is 0 Å². The van der Waals surface area contributed by atoms with E-state index in [4.69, 9.17) is 17.3 Å². The number of hydrogen-bond acceptors (Lipinski definition) is 2. The molecule has 2 N–H and O–H groups in total. The first-order valence-corrected chi connectivity index (χ1v) is 6.85. The van der Waals surface area contributed by atoms with Crippen LogP contribution in [0, 0.1) is 20.8 Å². The van der Waals surface area contributed by atoms with E-state index in [1.807, 2.05) is 30.7 Å². The number of nitrogens with two attached hydrogens (primary N) is 1. The Balaban J connectivity index is 2.63. The number of rotatable bonds is 3. The predicted octanol–water partition coefficient (Wildman–Crippen LogP) is 3.34. The van der Waals surface area contributed by atoms with E-state index in [-0.39, 0.29) is 6.04 Å². The molecule has 1 heterocycles. The summed E-state index contributed by atoms with van der Waals surface area (Å²) in [7, 11) is 0. The van der Waals surface area contributed by atoms with Crippen molar-refractivity contribution >= 4 is 11.6 Å². The molecule has 0 aliphatic heterocycles. The van der Waals surface area contributed by atoms with Crippen LogP contribution in [0.5, 0.6) is 0 Å². The van der Waals surface area contributed by atoms with Crippen molar-refractivity contribution in [3.63, 3.8) is 0 Å². The lowest BCUT2D eigenvalue weighted by molar-refractivity contribution is 0.724. The average Bonchev–Trinajstić information content (AvgIpc) is 2.57. The molecule has 0 amide bonds. The first kappa shape index (κ1) is 14.1. The van der Waals surface area contributed by atoms with E-state index >= 15 is 0 Å². The highest BCUT2D eigenvalue weighted by atomic mass is 35.5. The minimum absolute atomic E-state index is 0.0929. The summed E-state index contributed by atoms with van der Waals surface area (Å²) in [6.45, 7) is 8.16. The van der Waals surface area contributed by atoms with Gasteiger partial charge in [0, 0.05) is 11.7 Å². The first-order valence-electron chi connectivity index (χ1n) is 6.48. The van der Waals surface area contributed by atoms with Crippen molar-refractivity contribution < 1.29 is 0 Å². The lowest BCUT2D eigenvalue weighted by Gasteiger charge is -2.14. The Labute approximate surface area is 119 Å². The zero-order valence-corrected chi connectivity index (χ0v) is 12.6. The number of nitrogens with zero attached hydrogens (tertiary/aromatic N) is 2. The molecule has 0 radical (unpaired) electrons. The Morgan fingerprint density at radius 2 is 2.00 bits per heavy atom. The second kappa shape index (κ2) is 5.35. The third-order valence-electron chi connectivity index (χ3n) is 3.48. The van der Waals surface area contributed by atoms with Gasteiger partial charge in [-0.3, -0.25) is 0 Å². The monoisotopic (exact) mass is 277 g/mol. The largest absolute Gasteiger partial charge is 0.328 e. The van der Waals surface area contributed by atoms with Gasteiger partial charge in [-0.05, 0) is 51.3 Å². The molecule has 0 aliphatic rings. The second-order valence-electron chi connectivity index (χ2n) is 5.14. The highest BCUT2D eigenvalue weighted by molar-refractivity contribution is 6.32. The zero-order chi connectivity index (χ0) is 14.2. The van der Waals surface area contributed by atoms with Crippen LogP contribution < -0.4 is 5.73 Å². The fraction of sp³-hybridized carbons (Fsp3) is 0.400. The molecular formula is C15H20ClN3. The van der Waals surface area contributed by atoms with E-state index in [9.17, 15) is 0 Å². The number of aromatic nitrogens is 2. The van der Waals surface area contributed by atoms with Gasteiger partial charge in [-0.15, -0.1) is 0 Å². The summed E-state index contributed by atoms with van der Waals surface area (Å²) in [5, 5.41) is 5.31. The third-order valence-corrected chi connectivity index (χ3v) is 3.78. The van der Waals surface area contributed by atoms with Crippen molar-refractivity contribution in [3.8, 4) is 5.69 Å². The lowest BCUT2D eigenvalue weighted by atomic mass is 10.1. The Hall–Kier alpha value is -1.32. The van der Waals surface area contributed by atoms with Gasteiger partial charge < -0.3 is 5.73 Å². The molecule has 2 aromatic rings. The molecule has 19 heavy (non-hydrogen) atoms. The molecule has 0 bridgehead atoms. The van der Waals surface area contributed by atoms with Crippen LogP contribution in [0.3, 0.4) is 0 Å². The topological polar surface area (TPSA) is 43.8 Å². The highest BCUT2D eigenvalue weighted by Crippen LogP contribution is 2.27. The van der Waals surface area contributed by atoms with Crippen LogP contribution in [-0.2, 0) is 6.42 Å². The second-order valence-corrected chi connectivity index (χ2v) is 5.54. The third kappa shape index (κ3) is 2.67. The van der Waals surface area contributed by atoms with E-state index < -0.39 is 0 Å². The molecule has 2 rings (SSSR count). The molecule has 1 unspecified atom stereocenters. The van der Waals surface area contributed by atoms with Gasteiger partial charge in [-0.25, -0.2) is 4.68 Å². The van der Waals surface area contributed by atoms with E-state index in [1.54, 1.807) is 0 Å². The summed E-state index contributed by atoms with van der Waals surface area (Å²) in [6.07, 6.45) is 0.785. The number of benzene rings is 1.